The van der Waals surface area contributed by atoms with Gasteiger partial charge in [-0.1, -0.05) is 6.07 Å². The van der Waals surface area contributed by atoms with Crippen LogP contribution >= 0.6 is 11.3 Å². The van der Waals surface area contributed by atoms with Crippen molar-refractivity contribution in [1.82, 2.24) is 4.98 Å². The number of anilines is 1. The molecule has 3 nitrogen and oxygen atoms in total. The fourth-order valence-electron chi connectivity index (χ4n) is 1.43. The zero-order valence-corrected chi connectivity index (χ0v) is 10.2. The Morgan fingerprint density at radius 1 is 1.38 bits per heavy atom. The van der Waals surface area contributed by atoms with Crippen molar-refractivity contribution in [2.75, 3.05) is 12.4 Å². The molecule has 0 saturated heterocycles. The first kappa shape index (κ1) is 11.0. The summed E-state index contributed by atoms with van der Waals surface area (Å²) in [6, 6.07) is 8.03. The standard InChI is InChI=1S/C12H14N2OS/c1-9-11(5-6-12(14-9)15-2)13-8-10-4-3-7-16-10/h3-7,13H,8H2,1-2H3. The SMILES string of the molecule is COc1ccc(NCc2cccs2)c(C)n1. The van der Waals surface area contributed by atoms with E-state index in [0.717, 1.165) is 17.9 Å². The summed E-state index contributed by atoms with van der Waals surface area (Å²) in [4.78, 5) is 5.63. The molecule has 0 atom stereocenters. The van der Waals surface area contributed by atoms with Crippen LogP contribution in [0.4, 0.5) is 5.69 Å². The maximum atomic E-state index is 5.06. The number of methoxy groups -OCH3 is 1. The summed E-state index contributed by atoms with van der Waals surface area (Å²) in [6.07, 6.45) is 0. The molecular formula is C12H14N2OS. The molecular weight excluding hydrogens is 220 g/mol. The van der Waals surface area contributed by atoms with E-state index in [1.807, 2.05) is 19.1 Å². The number of rotatable bonds is 4. The van der Waals surface area contributed by atoms with Crippen LogP contribution in [-0.2, 0) is 6.54 Å². The molecule has 0 radical (unpaired) electrons. The van der Waals surface area contributed by atoms with E-state index in [-0.39, 0.29) is 0 Å². The van der Waals surface area contributed by atoms with Gasteiger partial charge < -0.3 is 10.1 Å². The van der Waals surface area contributed by atoms with Gasteiger partial charge in [0.25, 0.3) is 0 Å². The highest BCUT2D eigenvalue weighted by molar-refractivity contribution is 7.09. The number of thiophene rings is 1. The zero-order chi connectivity index (χ0) is 11.4. The van der Waals surface area contributed by atoms with Crippen LogP contribution in [0, 0.1) is 6.92 Å². The molecule has 0 spiro atoms. The lowest BCUT2D eigenvalue weighted by Crippen LogP contribution is -2.01. The van der Waals surface area contributed by atoms with Gasteiger partial charge in [-0.2, -0.15) is 0 Å². The van der Waals surface area contributed by atoms with Crippen LogP contribution in [0.3, 0.4) is 0 Å². The van der Waals surface area contributed by atoms with Gasteiger partial charge in [0.05, 0.1) is 18.5 Å². The molecule has 0 unspecified atom stereocenters. The highest BCUT2D eigenvalue weighted by Gasteiger charge is 2.01. The van der Waals surface area contributed by atoms with Crippen molar-refractivity contribution in [1.29, 1.82) is 0 Å². The van der Waals surface area contributed by atoms with Crippen molar-refractivity contribution >= 4 is 17.0 Å². The smallest absolute Gasteiger partial charge is 0.213 e. The molecule has 2 aromatic rings. The Morgan fingerprint density at radius 2 is 2.25 bits per heavy atom. The fraction of sp³-hybridized carbons (Fsp3) is 0.250. The molecule has 0 fully saturated rings. The Hall–Kier alpha value is -1.55. The molecule has 0 aliphatic rings. The van der Waals surface area contributed by atoms with Crippen molar-refractivity contribution in [2.24, 2.45) is 0 Å². The van der Waals surface area contributed by atoms with E-state index in [1.54, 1.807) is 18.4 Å². The van der Waals surface area contributed by atoms with Crippen molar-refractivity contribution in [3.8, 4) is 5.88 Å². The van der Waals surface area contributed by atoms with E-state index in [1.165, 1.54) is 4.88 Å². The molecule has 1 N–H and O–H groups in total. The predicted molar refractivity (Wildman–Crippen MR) is 67.2 cm³/mol. The molecule has 84 valence electrons. The molecule has 4 heteroatoms. The summed E-state index contributed by atoms with van der Waals surface area (Å²) in [7, 11) is 1.63. The molecule has 0 aromatic carbocycles. The van der Waals surface area contributed by atoms with E-state index >= 15 is 0 Å². The number of nitrogens with zero attached hydrogens (tertiary/aromatic N) is 1. The zero-order valence-electron chi connectivity index (χ0n) is 9.36. The Kier molecular flexibility index (Phi) is 3.41. The summed E-state index contributed by atoms with van der Waals surface area (Å²) in [5, 5.41) is 5.44. The predicted octanol–water partition coefficient (Wildman–Crippen LogP) is 3.07. The first-order valence-corrected chi connectivity index (χ1v) is 5.95. The average Bonchev–Trinajstić information content (AvgIpc) is 2.80. The number of nitrogens with one attached hydrogen (secondary N) is 1. The molecule has 16 heavy (non-hydrogen) atoms. The van der Waals surface area contributed by atoms with Crippen LogP contribution in [0.1, 0.15) is 10.6 Å². The second kappa shape index (κ2) is 4.99. The first-order valence-electron chi connectivity index (χ1n) is 5.07. The lowest BCUT2D eigenvalue weighted by Gasteiger charge is -2.08. The number of hydrogen-bond donors (Lipinski definition) is 1. The maximum Gasteiger partial charge on any atom is 0.213 e. The van der Waals surface area contributed by atoms with Crippen molar-refractivity contribution < 1.29 is 4.74 Å². The van der Waals surface area contributed by atoms with Crippen LogP contribution < -0.4 is 10.1 Å². The van der Waals surface area contributed by atoms with Crippen LogP contribution in [0.5, 0.6) is 5.88 Å². The van der Waals surface area contributed by atoms with Gasteiger partial charge >= 0.3 is 0 Å². The van der Waals surface area contributed by atoms with Crippen LogP contribution in [0.15, 0.2) is 29.6 Å². The maximum absolute atomic E-state index is 5.06. The third-order valence-electron chi connectivity index (χ3n) is 2.30. The minimum Gasteiger partial charge on any atom is -0.481 e. The van der Waals surface area contributed by atoms with Crippen molar-refractivity contribution in [3.63, 3.8) is 0 Å². The third kappa shape index (κ3) is 2.52. The lowest BCUT2D eigenvalue weighted by molar-refractivity contribution is 0.397. The normalized spacial score (nSPS) is 10.1. The van der Waals surface area contributed by atoms with E-state index in [2.05, 4.69) is 27.8 Å². The highest BCUT2D eigenvalue weighted by atomic mass is 32.1. The highest BCUT2D eigenvalue weighted by Crippen LogP contribution is 2.18. The average molecular weight is 234 g/mol. The number of aromatic nitrogens is 1. The molecule has 0 saturated carbocycles. The summed E-state index contributed by atoms with van der Waals surface area (Å²) >= 11 is 1.75. The van der Waals surface area contributed by atoms with Gasteiger partial charge in [-0.3, -0.25) is 0 Å². The van der Waals surface area contributed by atoms with E-state index < -0.39 is 0 Å². The number of aryl methyl sites for hydroxylation is 1. The molecule has 0 bridgehead atoms. The Labute approximate surface area is 99.1 Å². The largest absolute Gasteiger partial charge is 0.481 e. The van der Waals surface area contributed by atoms with Crippen LogP contribution in [-0.4, -0.2) is 12.1 Å². The molecule has 0 aliphatic heterocycles. The van der Waals surface area contributed by atoms with E-state index in [9.17, 15) is 0 Å². The Balaban J connectivity index is 2.04. The van der Waals surface area contributed by atoms with Gasteiger partial charge in [0, 0.05) is 17.5 Å². The van der Waals surface area contributed by atoms with Crippen molar-refractivity contribution in [3.05, 3.63) is 40.2 Å². The van der Waals surface area contributed by atoms with Gasteiger partial charge in [0.2, 0.25) is 5.88 Å². The van der Waals surface area contributed by atoms with Crippen LogP contribution in [0.2, 0.25) is 0 Å². The molecule has 0 amide bonds. The second-order valence-corrected chi connectivity index (χ2v) is 4.45. The number of pyridine rings is 1. The van der Waals surface area contributed by atoms with Crippen LogP contribution in [0.25, 0.3) is 0 Å². The molecule has 2 rings (SSSR count). The van der Waals surface area contributed by atoms with E-state index in [0.29, 0.717) is 5.88 Å². The number of hydrogen-bond acceptors (Lipinski definition) is 4. The van der Waals surface area contributed by atoms with Crippen molar-refractivity contribution in [2.45, 2.75) is 13.5 Å². The minimum absolute atomic E-state index is 0.652. The third-order valence-corrected chi connectivity index (χ3v) is 3.18. The monoisotopic (exact) mass is 234 g/mol. The Morgan fingerprint density at radius 3 is 2.88 bits per heavy atom. The second-order valence-electron chi connectivity index (χ2n) is 3.42. The van der Waals surface area contributed by atoms with Gasteiger partial charge in [0.15, 0.2) is 0 Å². The van der Waals surface area contributed by atoms with Gasteiger partial charge in [-0.05, 0) is 24.4 Å². The summed E-state index contributed by atoms with van der Waals surface area (Å²) in [6.45, 7) is 2.81. The van der Waals surface area contributed by atoms with Gasteiger partial charge in [-0.15, -0.1) is 11.3 Å². The number of ether oxygens (including phenoxy) is 1. The summed E-state index contributed by atoms with van der Waals surface area (Å²) < 4.78 is 5.06. The fourth-order valence-corrected chi connectivity index (χ4v) is 2.08. The molecule has 2 aromatic heterocycles. The lowest BCUT2D eigenvalue weighted by atomic mass is 10.3. The first-order chi connectivity index (χ1) is 7.79. The Bertz CT molecular complexity index is 454. The summed E-state index contributed by atoms with van der Waals surface area (Å²) in [5.74, 6) is 0.652. The van der Waals surface area contributed by atoms with Gasteiger partial charge in [-0.25, -0.2) is 4.98 Å². The van der Waals surface area contributed by atoms with Gasteiger partial charge in [0.1, 0.15) is 0 Å². The molecule has 0 aliphatic carbocycles. The summed E-state index contributed by atoms with van der Waals surface area (Å²) in [5.41, 5.74) is 2.00. The van der Waals surface area contributed by atoms with E-state index in [4.69, 9.17) is 4.74 Å². The topological polar surface area (TPSA) is 34.1 Å². The minimum atomic E-state index is 0.652. The molecule has 2 heterocycles. The quantitative estimate of drug-likeness (QED) is 0.882.